The molecular formula is C9H11N3S. The Labute approximate surface area is 82.9 Å². The summed E-state index contributed by atoms with van der Waals surface area (Å²) in [6.07, 6.45) is 1.71. The largest absolute Gasteiger partial charge is 0.364 e. The maximum absolute atomic E-state index is 4.83. The summed E-state index contributed by atoms with van der Waals surface area (Å²) in [4.78, 5) is 0. The molecule has 0 aliphatic heterocycles. The predicted octanol–water partition coefficient (Wildman–Crippen LogP) is 1.11. The number of hydrogen-bond acceptors (Lipinski definition) is 2. The predicted molar refractivity (Wildman–Crippen MR) is 58.8 cm³/mol. The number of nitrogens with one attached hydrogen (secondary N) is 2. The molecule has 0 heterocycles. The Balaban J connectivity index is 2.45. The topological polar surface area (TPSA) is 36.4 Å². The fourth-order valence-corrected chi connectivity index (χ4v) is 0.813. The highest BCUT2D eigenvalue weighted by Gasteiger charge is 1.85. The molecule has 0 saturated carbocycles. The van der Waals surface area contributed by atoms with Crippen molar-refractivity contribution in [3.05, 3.63) is 35.9 Å². The van der Waals surface area contributed by atoms with E-state index >= 15 is 0 Å². The summed E-state index contributed by atoms with van der Waals surface area (Å²) in [6, 6.07) is 9.81. The van der Waals surface area contributed by atoms with E-state index in [1.807, 2.05) is 30.3 Å². The first kappa shape index (κ1) is 9.67. The van der Waals surface area contributed by atoms with Gasteiger partial charge >= 0.3 is 0 Å². The van der Waals surface area contributed by atoms with E-state index in [1.54, 1.807) is 13.3 Å². The SMILES string of the molecule is CNC(=S)N/N=C/c1ccccc1. The number of thiocarbonyl (C=S) groups is 1. The Morgan fingerprint density at radius 2 is 2.08 bits per heavy atom. The zero-order valence-corrected chi connectivity index (χ0v) is 8.14. The molecule has 0 bridgehead atoms. The molecule has 0 saturated heterocycles. The minimum absolute atomic E-state index is 0.507. The fraction of sp³-hybridized carbons (Fsp3) is 0.111. The average molecular weight is 193 g/mol. The minimum atomic E-state index is 0.507. The van der Waals surface area contributed by atoms with Crippen LogP contribution in [0.1, 0.15) is 5.56 Å². The third-order valence-corrected chi connectivity index (χ3v) is 1.70. The molecule has 0 aliphatic rings. The van der Waals surface area contributed by atoms with Crippen LogP contribution < -0.4 is 10.7 Å². The minimum Gasteiger partial charge on any atom is -0.364 e. The van der Waals surface area contributed by atoms with E-state index in [4.69, 9.17) is 12.2 Å². The van der Waals surface area contributed by atoms with Gasteiger partial charge in [0.15, 0.2) is 5.11 Å². The van der Waals surface area contributed by atoms with Crippen LogP contribution in [-0.2, 0) is 0 Å². The van der Waals surface area contributed by atoms with Crippen molar-refractivity contribution in [2.75, 3.05) is 7.05 Å². The lowest BCUT2D eigenvalue weighted by atomic mass is 10.2. The Morgan fingerprint density at radius 3 is 2.69 bits per heavy atom. The van der Waals surface area contributed by atoms with Crippen LogP contribution in [0.2, 0.25) is 0 Å². The van der Waals surface area contributed by atoms with Gasteiger partial charge in [0.1, 0.15) is 0 Å². The molecule has 0 aliphatic carbocycles. The monoisotopic (exact) mass is 193 g/mol. The number of hydrogen-bond donors (Lipinski definition) is 2. The quantitative estimate of drug-likeness (QED) is 0.420. The van der Waals surface area contributed by atoms with E-state index in [9.17, 15) is 0 Å². The summed E-state index contributed by atoms with van der Waals surface area (Å²) in [5.74, 6) is 0. The van der Waals surface area contributed by atoms with Crippen LogP contribution in [0.5, 0.6) is 0 Å². The number of rotatable bonds is 2. The van der Waals surface area contributed by atoms with Crippen LogP contribution in [0.25, 0.3) is 0 Å². The summed E-state index contributed by atoms with van der Waals surface area (Å²) in [7, 11) is 1.74. The highest BCUT2D eigenvalue weighted by atomic mass is 32.1. The summed E-state index contributed by atoms with van der Waals surface area (Å²) < 4.78 is 0. The van der Waals surface area contributed by atoms with Gasteiger partial charge in [0.05, 0.1) is 6.21 Å². The Bertz CT molecular complexity index is 295. The maximum Gasteiger partial charge on any atom is 0.186 e. The van der Waals surface area contributed by atoms with Crippen molar-refractivity contribution in [2.24, 2.45) is 5.10 Å². The van der Waals surface area contributed by atoms with Gasteiger partial charge < -0.3 is 5.32 Å². The van der Waals surface area contributed by atoms with Crippen LogP contribution >= 0.6 is 12.2 Å². The van der Waals surface area contributed by atoms with E-state index < -0.39 is 0 Å². The first-order valence-corrected chi connectivity index (χ1v) is 4.29. The summed E-state index contributed by atoms with van der Waals surface area (Å²) in [5, 5.41) is 7.20. The molecule has 2 N–H and O–H groups in total. The van der Waals surface area contributed by atoms with Crippen LogP contribution in [0.4, 0.5) is 0 Å². The van der Waals surface area contributed by atoms with Crippen molar-refractivity contribution in [1.29, 1.82) is 0 Å². The van der Waals surface area contributed by atoms with Crippen molar-refractivity contribution < 1.29 is 0 Å². The van der Waals surface area contributed by atoms with E-state index in [2.05, 4.69) is 15.8 Å². The number of nitrogens with zero attached hydrogens (tertiary/aromatic N) is 1. The number of hydrazone groups is 1. The van der Waals surface area contributed by atoms with Crippen LogP contribution in [-0.4, -0.2) is 18.4 Å². The standard InChI is InChI=1S/C9H11N3S/c1-10-9(13)12-11-7-8-5-3-2-4-6-8/h2-7H,1H3,(H2,10,12,13)/b11-7+. The van der Waals surface area contributed by atoms with Crippen molar-refractivity contribution in [2.45, 2.75) is 0 Å². The molecule has 0 fully saturated rings. The molecule has 4 heteroatoms. The van der Waals surface area contributed by atoms with Crippen molar-refractivity contribution >= 4 is 23.5 Å². The molecule has 0 atom stereocenters. The Kier molecular flexibility index (Phi) is 3.92. The molecule has 0 radical (unpaired) electrons. The van der Waals surface area contributed by atoms with Gasteiger partial charge in [-0.3, -0.25) is 5.43 Å². The van der Waals surface area contributed by atoms with E-state index in [0.29, 0.717) is 5.11 Å². The first-order chi connectivity index (χ1) is 6.33. The Hall–Kier alpha value is -1.42. The van der Waals surface area contributed by atoms with Crippen LogP contribution in [0.15, 0.2) is 35.4 Å². The van der Waals surface area contributed by atoms with Gasteiger partial charge in [0.2, 0.25) is 0 Å². The van der Waals surface area contributed by atoms with Gasteiger partial charge in [-0.15, -0.1) is 0 Å². The van der Waals surface area contributed by atoms with Crippen molar-refractivity contribution in [3.8, 4) is 0 Å². The molecule has 0 aromatic heterocycles. The van der Waals surface area contributed by atoms with Crippen molar-refractivity contribution in [3.63, 3.8) is 0 Å². The van der Waals surface area contributed by atoms with E-state index in [1.165, 1.54) is 0 Å². The Morgan fingerprint density at radius 1 is 1.38 bits per heavy atom. The molecule has 1 aromatic carbocycles. The zero-order chi connectivity index (χ0) is 9.52. The van der Waals surface area contributed by atoms with Gasteiger partial charge in [-0.25, -0.2) is 0 Å². The van der Waals surface area contributed by atoms with Gasteiger partial charge in [-0.1, -0.05) is 30.3 Å². The molecular weight excluding hydrogens is 182 g/mol. The highest BCUT2D eigenvalue weighted by molar-refractivity contribution is 7.80. The lowest BCUT2D eigenvalue weighted by molar-refractivity contribution is 0.982. The van der Waals surface area contributed by atoms with Gasteiger partial charge in [-0.05, 0) is 17.8 Å². The summed E-state index contributed by atoms with van der Waals surface area (Å²) in [5.41, 5.74) is 3.71. The first-order valence-electron chi connectivity index (χ1n) is 3.89. The third-order valence-electron chi connectivity index (χ3n) is 1.41. The average Bonchev–Trinajstić information content (AvgIpc) is 2.19. The number of benzene rings is 1. The van der Waals surface area contributed by atoms with E-state index in [-0.39, 0.29) is 0 Å². The summed E-state index contributed by atoms with van der Waals surface area (Å²) >= 11 is 4.83. The van der Waals surface area contributed by atoms with Gasteiger partial charge in [0, 0.05) is 7.05 Å². The highest BCUT2D eigenvalue weighted by Crippen LogP contribution is 1.92. The smallest absolute Gasteiger partial charge is 0.186 e. The molecule has 0 spiro atoms. The molecule has 0 unspecified atom stereocenters. The molecule has 3 nitrogen and oxygen atoms in total. The normalized spacial score (nSPS) is 9.92. The van der Waals surface area contributed by atoms with Crippen LogP contribution in [0, 0.1) is 0 Å². The second-order valence-corrected chi connectivity index (χ2v) is 2.77. The lowest BCUT2D eigenvalue weighted by Gasteiger charge is -1.98. The summed E-state index contributed by atoms with van der Waals surface area (Å²) in [6.45, 7) is 0. The second kappa shape index (κ2) is 5.27. The lowest BCUT2D eigenvalue weighted by Crippen LogP contribution is -2.28. The molecule has 68 valence electrons. The molecule has 1 aromatic rings. The molecule has 13 heavy (non-hydrogen) atoms. The second-order valence-electron chi connectivity index (χ2n) is 2.36. The third kappa shape index (κ3) is 3.66. The van der Waals surface area contributed by atoms with Gasteiger partial charge in [0.25, 0.3) is 0 Å². The maximum atomic E-state index is 4.83. The van der Waals surface area contributed by atoms with Gasteiger partial charge in [-0.2, -0.15) is 5.10 Å². The molecule has 1 rings (SSSR count). The zero-order valence-electron chi connectivity index (χ0n) is 7.32. The van der Waals surface area contributed by atoms with E-state index in [0.717, 1.165) is 5.56 Å². The fourth-order valence-electron chi connectivity index (χ4n) is 0.760. The molecule has 0 amide bonds. The van der Waals surface area contributed by atoms with Crippen LogP contribution in [0.3, 0.4) is 0 Å². The van der Waals surface area contributed by atoms with Crippen molar-refractivity contribution in [1.82, 2.24) is 10.7 Å².